The number of hydrogen-bond donors (Lipinski definition) is 1. The van der Waals surface area contributed by atoms with Crippen molar-refractivity contribution in [2.24, 2.45) is 5.41 Å². The highest BCUT2D eigenvalue weighted by Crippen LogP contribution is 2.44. The van der Waals surface area contributed by atoms with Crippen LogP contribution in [0.5, 0.6) is 0 Å². The summed E-state index contributed by atoms with van der Waals surface area (Å²) < 4.78 is 0. The van der Waals surface area contributed by atoms with E-state index in [0.717, 1.165) is 25.9 Å². The van der Waals surface area contributed by atoms with Gasteiger partial charge in [-0.15, -0.1) is 0 Å². The first kappa shape index (κ1) is 12.1. The maximum atomic E-state index is 9.00. The van der Waals surface area contributed by atoms with E-state index in [0.29, 0.717) is 0 Å². The molecule has 1 saturated carbocycles. The molecule has 0 aromatic heterocycles. The topological polar surface area (TPSA) is 35.8 Å². The Labute approximate surface area is 104 Å². The van der Waals surface area contributed by atoms with Crippen LogP contribution in [0.2, 0.25) is 0 Å². The summed E-state index contributed by atoms with van der Waals surface area (Å²) >= 11 is 0. The molecule has 0 atom stereocenters. The van der Waals surface area contributed by atoms with E-state index >= 15 is 0 Å². The second-order valence-corrected chi connectivity index (χ2v) is 5.29. The highest BCUT2D eigenvalue weighted by Gasteiger charge is 2.42. The molecule has 2 rings (SSSR count). The number of hydrogen-bond acceptors (Lipinski definition) is 2. The number of nitrogens with zero attached hydrogens (tertiary/aromatic N) is 1. The van der Waals surface area contributed by atoms with E-state index in [4.69, 9.17) is 5.26 Å². The molecule has 1 aromatic rings. The van der Waals surface area contributed by atoms with Crippen LogP contribution in [0.25, 0.3) is 0 Å². The Morgan fingerprint density at radius 1 is 1.24 bits per heavy atom. The Morgan fingerprint density at radius 3 is 2.53 bits per heavy atom. The van der Waals surface area contributed by atoms with Crippen molar-refractivity contribution in [2.75, 3.05) is 6.54 Å². The van der Waals surface area contributed by atoms with Crippen molar-refractivity contribution in [1.82, 2.24) is 5.32 Å². The average molecular weight is 228 g/mol. The highest BCUT2D eigenvalue weighted by atomic mass is 14.9. The molecule has 0 bridgehead atoms. The minimum absolute atomic E-state index is 0.0480. The molecule has 0 unspecified atom stereocenters. The van der Waals surface area contributed by atoms with E-state index in [2.05, 4.69) is 44.3 Å². The van der Waals surface area contributed by atoms with Crippen LogP contribution in [-0.2, 0) is 6.54 Å². The molecule has 1 fully saturated rings. The zero-order chi connectivity index (χ0) is 12.5. The van der Waals surface area contributed by atoms with Gasteiger partial charge in [-0.25, -0.2) is 0 Å². The van der Waals surface area contributed by atoms with Gasteiger partial charge in [-0.1, -0.05) is 12.1 Å². The van der Waals surface area contributed by atoms with Gasteiger partial charge in [-0.3, -0.25) is 0 Å². The monoisotopic (exact) mass is 228 g/mol. The van der Waals surface area contributed by atoms with Crippen LogP contribution in [0.15, 0.2) is 12.1 Å². The molecule has 90 valence electrons. The van der Waals surface area contributed by atoms with E-state index in [1.54, 1.807) is 0 Å². The Morgan fingerprint density at radius 2 is 1.94 bits per heavy atom. The van der Waals surface area contributed by atoms with Gasteiger partial charge in [0.2, 0.25) is 0 Å². The third-order valence-corrected chi connectivity index (χ3v) is 4.04. The van der Waals surface area contributed by atoms with Gasteiger partial charge in [0.25, 0.3) is 0 Å². The fourth-order valence-electron chi connectivity index (χ4n) is 2.12. The molecule has 0 saturated heterocycles. The number of benzene rings is 1. The van der Waals surface area contributed by atoms with Gasteiger partial charge in [-0.2, -0.15) is 5.26 Å². The Hall–Kier alpha value is -1.33. The fraction of sp³-hybridized carbons (Fsp3) is 0.533. The summed E-state index contributed by atoms with van der Waals surface area (Å²) in [4.78, 5) is 0. The van der Waals surface area contributed by atoms with Crippen molar-refractivity contribution in [3.63, 3.8) is 0 Å². The quantitative estimate of drug-likeness (QED) is 0.860. The molecule has 2 heteroatoms. The molecular weight excluding hydrogens is 208 g/mol. The highest BCUT2D eigenvalue weighted by molar-refractivity contribution is 5.38. The van der Waals surface area contributed by atoms with Crippen LogP contribution in [0, 0.1) is 37.5 Å². The molecule has 2 nitrogen and oxygen atoms in total. The fourth-order valence-corrected chi connectivity index (χ4v) is 2.12. The van der Waals surface area contributed by atoms with Crippen LogP contribution in [0.1, 0.15) is 35.1 Å². The second-order valence-electron chi connectivity index (χ2n) is 5.29. The van der Waals surface area contributed by atoms with Crippen LogP contribution in [0.4, 0.5) is 0 Å². The van der Waals surface area contributed by atoms with Crippen LogP contribution >= 0.6 is 0 Å². The summed E-state index contributed by atoms with van der Waals surface area (Å²) in [6.07, 6.45) is 2.12. The SMILES string of the molecule is Cc1ccc(CNCC2(C#N)CC2)c(C)c1C. The molecule has 0 radical (unpaired) electrons. The van der Waals surface area contributed by atoms with Crippen molar-refractivity contribution in [3.05, 3.63) is 34.4 Å². The zero-order valence-corrected chi connectivity index (χ0v) is 10.9. The Kier molecular flexibility index (Phi) is 3.22. The Balaban J connectivity index is 1.96. The second kappa shape index (κ2) is 4.50. The van der Waals surface area contributed by atoms with Crippen molar-refractivity contribution in [2.45, 2.75) is 40.2 Å². The van der Waals surface area contributed by atoms with E-state index in [1.165, 1.54) is 22.3 Å². The predicted octanol–water partition coefficient (Wildman–Crippen LogP) is 3.01. The van der Waals surface area contributed by atoms with Crippen LogP contribution < -0.4 is 5.32 Å². The van der Waals surface area contributed by atoms with Gasteiger partial charge in [-0.05, 0) is 55.9 Å². The van der Waals surface area contributed by atoms with Crippen LogP contribution in [-0.4, -0.2) is 6.54 Å². The summed E-state index contributed by atoms with van der Waals surface area (Å²) in [6, 6.07) is 6.78. The summed E-state index contributed by atoms with van der Waals surface area (Å²) in [6.45, 7) is 8.20. The lowest BCUT2D eigenvalue weighted by molar-refractivity contribution is 0.557. The largest absolute Gasteiger partial charge is 0.311 e. The smallest absolute Gasteiger partial charge is 0.0703 e. The first-order valence-corrected chi connectivity index (χ1v) is 6.26. The minimum atomic E-state index is -0.0480. The molecule has 17 heavy (non-hydrogen) atoms. The molecule has 1 N–H and O–H groups in total. The van der Waals surface area contributed by atoms with Crippen molar-refractivity contribution >= 4 is 0 Å². The number of nitriles is 1. The first-order chi connectivity index (χ1) is 8.08. The molecule has 0 spiro atoms. The Bertz CT molecular complexity index is 465. The molecule has 1 aromatic carbocycles. The number of rotatable bonds is 4. The third-order valence-electron chi connectivity index (χ3n) is 4.04. The minimum Gasteiger partial charge on any atom is -0.311 e. The van der Waals surface area contributed by atoms with Crippen molar-refractivity contribution < 1.29 is 0 Å². The lowest BCUT2D eigenvalue weighted by Gasteiger charge is -2.13. The van der Waals surface area contributed by atoms with E-state index in [9.17, 15) is 0 Å². The molecule has 1 aliphatic carbocycles. The van der Waals surface area contributed by atoms with Gasteiger partial charge in [0.05, 0.1) is 11.5 Å². The van der Waals surface area contributed by atoms with Crippen molar-refractivity contribution in [3.8, 4) is 6.07 Å². The van der Waals surface area contributed by atoms with Gasteiger partial charge in [0.1, 0.15) is 0 Å². The zero-order valence-electron chi connectivity index (χ0n) is 10.9. The van der Waals surface area contributed by atoms with E-state index in [1.807, 2.05) is 0 Å². The van der Waals surface area contributed by atoms with Gasteiger partial charge >= 0.3 is 0 Å². The third kappa shape index (κ3) is 2.50. The van der Waals surface area contributed by atoms with Crippen LogP contribution in [0.3, 0.4) is 0 Å². The normalized spacial score (nSPS) is 16.6. The lowest BCUT2D eigenvalue weighted by Crippen LogP contribution is -2.23. The molecule has 1 aliphatic rings. The summed E-state index contributed by atoms with van der Waals surface area (Å²) in [7, 11) is 0. The standard InChI is InChI=1S/C15H20N2/c1-11-4-5-14(13(3)12(11)2)8-17-10-15(9-16)6-7-15/h4-5,17H,6-8,10H2,1-3H3. The van der Waals surface area contributed by atoms with E-state index < -0.39 is 0 Å². The molecule has 0 amide bonds. The lowest BCUT2D eigenvalue weighted by atomic mass is 9.99. The first-order valence-electron chi connectivity index (χ1n) is 6.26. The van der Waals surface area contributed by atoms with Gasteiger partial charge in [0, 0.05) is 13.1 Å². The number of aryl methyl sites for hydroxylation is 1. The summed E-state index contributed by atoms with van der Waals surface area (Å²) in [5.74, 6) is 0. The van der Waals surface area contributed by atoms with Crippen molar-refractivity contribution in [1.29, 1.82) is 5.26 Å². The maximum absolute atomic E-state index is 9.00. The van der Waals surface area contributed by atoms with Gasteiger partial charge < -0.3 is 5.32 Å². The maximum Gasteiger partial charge on any atom is 0.0703 e. The number of nitrogens with one attached hydrogen (secondary N) is 1. The predicted molar refractivity (Wildman–Crippen MR) is 69.6 cm³/mol. The summed E-state index contributed by atoms with van der Waals surface area (Å²) in [5, 5.41) is 12.4. The molecule has 0 aliphatic heterocycles. The average Bonchev–Trinajstić information content (AvgIpc) is 3.10. The van der Waals surface area contributed by atoms with Gasteiger partial charge in [0.15, 0.2) is 0 Å². The summed E-state index contributed by atoms with van der Waals surface area (Å²) in [5.41, 5.74) is 5.40. The molecule has 0 heterocycles. The van der Waals surface area contributed by atoms with E-state index in [-0.39, 0.29) is 5.41 Å². The molecular formula is C15H20N2.